The van der Waals surface area contributed by atoms with Crippen LogP contribution in [0.1, 0.15) is 59.8 Å². The van der Waals surface area contributed by atoms with E-state index in [2.05, 4.69) is 27.7 Å². The molecular formula is C16H35O2PS. The molecule has 0 heterocycles. The number of carbonyl (C=O) groups is 1. The van der Waals surface area contributed by atoms with Gasteiger partial charge in [0.05, 0.1) is 0 Å². The quantitative estimate of drug-likeness (QED) is 0.451. The van der Waals surface area contributed by atoms with Crippen LogP contribution in [-0.2, 0) is 9.32 Å². The van der Waals surface area contributed by atoms with Crippen molar-refractivity contribution in [3.8, 4) is 0 Å². The van der Waals surface area contributed by atoms with Gasteiger partial charge in [-0.1, -0.05) is 0 Å². The second-order valence-electron chi connectivity index (χ2n) is 5.96. The van der Waals surface area contributed by atoms with Crippen molar-refractivity contribution in [3.05, 3.63) is 0 Å². The van der Waals surface area contributed by atoms with Crippen LogP contribution in [0.2, 0.25) is 0 Å². The summed E-state index contributed by atoms with van der Waals surface area (Å²) in [5.74, 6) is 0.933. The third kappa shape index (κ3) is 5.93. The zero-order valence-electron chi connectivity index (χ0n) is 14.2. The molecule has 0 aliphatic rings. The first-order chi connectivity index (χ1) is 9.51. The Kier molecular flexibility index (Phi) is 10.2. The summed E-state index contributed by atoms with van der Waals surface area (Å²) in [7, 11) is 0. The number of carbonyl (C=O) groups excluding carboxylic acids is 1. The predicted molar refractivity (Wildman–Crippen MR) is 96.6 cm³/mol. The summed E-state index contributed by atoms with van der Waals surface area (Å²) < 4.78 is 6.37. The van der Waals surface area contributed by atoms with Crippen molar-refractivity contribution in [2.24, 2.45) is 0 Å². The van der Waals surface area contributed by atoms with Crippen LogP contribution in [0.15, 0.2) is 0 Å². The SMILES string of the molecule is CCCP(CCC)(CCC)(CCC)OC(=O)CCSC. The van der Waals surface area contributed by atoms with Crippen molar-refractivity contribution in [2.45, 2.75) is 59.8 Å². The summed E-state index contributed by atoms with van der Waals surface area (Å²) in [5, 5.41) is 0. The fourth-order valence-corrected chi connectivity index (χ4v) is 10.9. The first-order valence-corrected chi connectivity index (χ1v) is 12.5. The first-order valence-electron chi connectivity index (χ1n) is 8.23. The minimum atomic E-state index is -2.30. The zero-order chi connectivity index (χ0) is 15.5. The Morgan fingerprint density at radius 2 is 1.30 bits per heavy atom. The van der Waals surface area contributed by atoms with Crippen molar-refractivity contribution in [2.75, 3.05) is 36.7 Å². The molecule has 0 spiro atoms. The van der Waals surface area contributed by atoms with E-state index < -0.39 is 6.83 Å². The van der Waals surface area contributed by atoms with Gasteiger partial charge in [-0.05, 0) is 0 Å². The Bertz CT molecular complexity index is 246. The molecule has 0 amide bonds. The molecule has 4 heteroatoms. The van der Waals surface area contributed by atoms with E-state index in [1.54, 1.807) is 11.8 Å². The molecular weight excluding hydrogens is 287 g/mol. The van der Waals surface area contributed by atoms with Crippen LogP contribution < -0.4 is 0 Å². The molecule has 0 aromatic carbocycles. The summed E-state index contributed by atoms with van der Waals surface area (Å²) >= 11 is 1.72. The van der Waals surface area contributed by atoms with Crippen LogP contribution in [-0.4, -0.2) is 42.6 Å². The van der Waals surface area contributed by atoms with Gasteiger partial charge in [-0.15, -0.1) is 0 Å². The summed E-state index contributed by atoms with van der Waals surface area (Å²) in [6, 6.07) is 0. The van der Waals surface area contributed by atoms with E-state index in [9.17, 15) is 4.79 Å². The summed E-state index contributed by atoms with van der Waals surface area (Å²) in [4.78, 5) is 12.3. The van der Waals surface area contributed by atoms with Gasteiger partial charge in [0, 0.05) is 0 Å². The molecule has 0 radical (unpaired) electrons. The molecule has 0 N–H and O–H groups in total. The van der Waals surface area contributed by atoms with Crippen LogP contribution in [0, 0.1) is 0 Å². The van der Waals surface area contributed by atoms with E-state index in [0.29, 0.717) is 6.42 Å². The van der Waals surface area contributed by atoms with Crippen molar-refractivity contribution < 1.29 is 9.32 Å². The van der Waals surface area contributed by atoms with Crippen molar-refractivity contribution in [1.29, 1.82) is 0 Å². The van der Waals surface area contributed by atoms with Crippen molar-refractivity contribution in [3.63, 3.8) is 0 Å². The van der Waals surface area contributed by atoms with E-state index in [1.807, 2.05) is 6.26 Å². The van der Waals surface area contributed by atoms with Crippen LogP contribution in [0.25, 0.3) is 0 Å². The minimum absolute atomic E-state index is 0.0563. The van der Waals surface area contributed by atoms with Gasteiger partial charge in [0.25, 0.3) is 0 Å². The fourth-order valence-electron chi connectivity index (χ4n) is 3.63. The van der Waals surface area contributed by atoms with E-state index >= 15 is 0 Å². The Morgan fingerprint density at radius 3 is 1.60 bits per heavy atom. The maximum atomic E-state index is 12.3. The van der Waals surface area contributed by atoms with Crippen molar-refractivity contribution >= 4 is 24.6 Å². The van der Waals surface area contributed by atoms with Gasteiger partial charge >= 0.3 is 130 Å². The van der Waals surface area contributed by atoms with E-state index in [4.69, 9.17) is 4.52 Å². The third-order valence-corrected chi connectivity index (χ3v) is 11.7. The van der Waals surface area contributed by atoms with Gasteiger partial charge in [-0.3, -0.25) is 0 Å². The third-order valence-electron chi connectivity index (χ3n) is 4.03. The Hall–Kier alpha value is 0.250. The van der Waals surface area contributed by atoms with E-state index in [1.165, 1.54) is 0 Å². The second-order valence-corrected chi connectivity index (χ2v) is 12.6. The van der Waals surface area contributed by atoms with Crippen LogP contribution in [0.4, 0.5) is 0 Å². The summed E-state index contributed by atoms with van der Waals surface area (Å²) in [6.07, 6.45) is 11.7. The normalized spacial score (nSPS) is 13.8. The molecule has 2 nitrogen and oxygen atoms in total. The van der Waals surface area contributed by atoms with E-state index in [-0.39, 0.29) is 5.97 Å². The summed E-state index contributed by atoms with van der Waals surface area (Å²) in [5.41, 5.74) is 0. The van der Waals surface area contributed by atoms with Crippen molar-refractivity contribution in [1.82, 2.24) is 0 Å². The standard InChI is InChI=1S/C16H35O2PS/c1-6-11-19(12-7-2,13-8-3,14-9-4)18-16(17)10-15-20-5/h6-15H2,1-5H3. The number of rotatable bonds is 12. The molecule has 0 bridgehead atoms. The Morgan fingerprint density at radius 1 is 0.900 bits per heavy atom. The number of hydrogen-bond acceptors (Lipinski definition) is 3. The molecule has 0 saturated carbocycles. The van der Waals surface area contributed by atoms with Gasteiger partial charge < -0.3 is 0 Å². The molecule has 0 saturated heterocycles. The molecule has 0 rings (SSSR count). The monoisotopic (exact) mass is 322 g/mol. The van der Waals surface area contributed by atoms with Gasteiger partial charge in [0.1, 0.15) is 0 Å². The average Bonchev–Trinajstić information content (AvgIpc) is 2.37. The predicted octanol–water partition coefficient (Wildman–Crippen LogP) is 5.39. The summed E-state index contributed by atoms with van der Waals surface area (Å²) in [6.45, 7) is 6.63. The molecule has 0 aromatic rings. The number of hydrogen-bond donors (Lipinski definition) is 0. The molecule has 0 aliphatic carbocycles. The molecule has 0 unspecified atom stereocenters. The second kappa shape index (κ2) is 10.1. The van der Waals surface area contributed by atoms with Crippen LogP contribution in [0.5, 0.6) is 0 Å². The van der Waals surface area contributed by atoms with E-state index in [0.717, 1.165) is 56.1 Å². The van der Waals surface area contributed by atoms with Gasteiger partial charge in [-0.2, -0.15) is 0 Å². The zero-order valence-corrected chi connectivity index (χ0v) is 16.0. The first kappa shape index (κ1) is 20.2. The molecule has 0 fully saturated rings. The maximum absolute atomic E-state index is 12.3. The van der Waals surface area contributed by atoms with Gasteiger partial charge in [-0.25, -0.2) is 0 Å². The Balaban J connectivity index is 5.28. The topological polar surface area (TPSA) is 26.3 Å². The fraction of sp³-hybridized carbons (Fsp3) is 0.938. The molecule has 122 valence electrons. The van der Waals surface area contributed by atoms with Crippen LogP contribution in [0.3, 0.4) is 0 Å². The van der Waals surface area contributed by atoms with Gasteiger partial charge in [0.2, 0.25) is 0 Å². The van der Waals surface area contributed by atoms with Gasteiger partial charge in [0.15, 0.2) is 0 Å². The number of thioether (sulfide) groups is 1. The molecule has 0 aromatic heterocycles. The Labute approximate surface area is 130 Å². The molecule has 0 atom stereocenters. The average molecular weight is 322 g/mol. The molecule has 20 heavy (non-hydrogen) atoms. The molecule has 0 aliphatic heterocycles. The van der Waals surface area contributed by atoms with Crippen LogP contribution >= 0.6 is 18.6 Å².